The molecule has 0 saturated heterocycles. The molecule has 0 atom stereocenters. The van der Waals surface area contributed by atoms with Crippen LogP contribution in [0, 0.1) is 0 Å². The van der Waals surface area contributed by atoms with E-state index in [1.807, 2.05) is 0 Å². The summed E-state index contributed by atoms with van der Waals surface area (Å²) in [6, 6.07) is 6.04. The van der Waals surface area contributed by atoms with E-state index in [2.05, 4.69) is 13.2 Å². The Morgan fingerprint density at radius 3 is 1.50 bits per heavy atom. The van der Waals surface area contributed by atoms with Crippen molar-refractivity contribution in [3.8, 4) is 0 Å². The molecule has 1 aromatic rings. The van der Waals surface area contributed by atoms with E-state index in [-0.39, 0.29) is 13.2 Å². The van der Waals surface area contributed by atoms with Gasteiger partial charge in [-0.05, 0) is 24.3 Å². The first-order chi connectivity index (χ1) is 8.69. The second-order valence-electron chi connectivity index (χ2n) is 3.35. The van der Waals surface area contributed by atoms with Crippen molar-refractivity contribution in [1.82, 2.24) is 0 Å². The van der Waals surface area contributed by atoms with Crippen molar-refractivity contribution in [3.63, 3.8) is 0 Å². The number of ether oxygens (including phenoxy) is 2. The summed E-state index contributed by atoms with van der Waals surface area (Å²) >= 11 is 0. The van der Waals surface area contributed by atoms with Crippen molar-refractivity contribution >= 4 is 11.9 Å². The second kappa shape index (κ2) is 7.06. The van der Waals surface area contributed by atoms with Gasteiger partial charge in [0.15, 0.2) is 0 Å². The Labute approximate surface area is 106 Å². The highest BCUT2D eigenvalue weighted by atomic mass is 16.5. The molecule has 94 valence electrons. The second-order valence-corrected chi connectivity index (χ2v) is 3.35. The fourth-order valence-electron chi connectivity index (χ4n) is 1.18. The van der Waals surface area contributed by atoms with Crippen LogP contribution in [0.2, 0.25) is 0 Å². The molecule has 18 heavy (non-hydrogen) atoms. The molecule has 0 N–H and O–H groups in total. The van der Waals surface area contributed by atoms with Crippen LogP contribution in [0.15, 0.2) is 49.6 Å². The van der Waals surface area contributed by atoms with Crippen molar-refractivity contribution in [3.05, 3.63) is 60.7 Å². The Morgan fingerprint density at radius 2 is 1.22 bits per heavy atom. The molecule has 0 bridgehead atoms. The summed E-state index contributed by atoms with van der Waals surface area (Å²) in [5, 5.41) is 0. The number of rotatable bonds is 6. The van der Waals surface area contributed by atoms with Gasteiger partial charge in [-0.15, -0.1) is 0 Å². The molecule has 0 heterocycles. The van der Waals surface area contributed by atoms with Crippen LogP contribution in [0.4, 0.5) is 0 Å². The average molecular weight is 246 g/mol. The largest absolute Gasteiger partial charge is 0.458 e. The molecule has 0 unspecified atom stereocenters. The Balaban J connectivity index is 2.67. The molecule has 0 spiro atoms. The molecule has 4 nitrogen and oxygen atoms in total. The van der Waals surface area contributed by atoms with E-state index in [0.29, 0.717) is 11.1 Å². The predicted molar refractivity (Wildman–Crippen MR) is 67.4 cm³/mol. The molecular weight excluding hydrogens is 232 g/mol. The minimum Gasteiger partial charge on any atom is -0.458 e. The lowest BCUT2D eigenvalue weighted by Gasteiger charge is -2.04. The van der Waals surface area contributed by atoms with Crippen LogP contribution < -0.4 is 0 Å². The maximum atomic E-state index is 11.5. The number of esters is 2. The zero-order valence-electron chi connectivity index (χ0n) is 9.93. The van der Waals surface area contributed by atoms with E-state index in [0.717, 1.165) is 0 Å². The van der Waals surface area contributed by atoms with Gasteiger partial charge in [-0.25, -0.2) is 9.59 Å². The number of hydrogen-bond donors (Lipinski definition) is 0. The van der Waals surface area contributed by atoms with Crippen LogP contribution in [0.25, 0.3) is 0 Å². The van der Waals surface area contributed by atoms with Crippen LogP contribution in [-0.2, 0) is 9.47 Å². The summed E-state index contributed by atoms with van der Waals surface area (Å²) in [5.41, 5.74) is 0.745. The molecule has 0 aromatic heterocycles. The first-order valence-corrected chi connectivity index (χ1v) is 5.35. The predicted octanol–water partition coefficient (Wildman–Crippen LogP) is 2.37. The number of hydrogen-bond acceptors (Lipinski definition) is 4. The first kappa shape index (κ1) is 13.7. The summed E-state index contributed by atoms with van der Waals surface area (Å²) in [6.07, 6.45) is 2.97. The van der Waals surface area contributed by atoms with Crippen molar-refractivity contribution in [2.24, 2.45) is 0 Å². The molecule has 0 radical (unpaired) electrons. The lowest BCUT2D eigenvalue weighted by atomic mass is 10.1. The quantitative estimate of drug-likeness (QED) is 0.571. The number of carbonyl (C=O) groups excluding carboxylic acids is 2. The fraction of sp³-hybridized carbons (Fsp3) is 0.143. The highest BCUT2D eigenvalue weighted by Crippen LogP contribution is 2.07. The van der Waals surface area contributed by atoms with E-state index >= 15 is 0 Å². The van der Waals surface area contributed by atoms with Gasteiger partial charge < -0.3 is 9.47 Å². The topological polar surface area (TPSA) is 52.6 Å². The van der Waals surface area contributed by atoms with E-state index < -0.39 is 11.9 Å². The number of benzene rings is 1. The molecular formula is C14H14O4. The van der Waals surface area contributed by atoms with Gasteiger partial charge in [-0.1, -0.05) is 25.3 Å². The smallest absolute Gasteiger partial charge is 0.338 e. The maximum absolute atomic E-state index is 11.5. The van der Waals surface area contributed by atoms with E-state index in [1.54, 1.807) is 0 Å². The molecule has 1 aromatic carbocycles. The molecule has 0 aliphatic carbocycles. The highest BCUT2D eigenvalue weighted by Gasteiger charge is 2.09. The van der Waals surface area contributed by atoms with E-state index in [9.17, 15) is 9.59 Å². The van der Waals surface area contributed by atoms with Gasteiger partial charge >= 0.3 is 11.9 Å². The van der Waals surface area contributed by atoms with Crippen LogP contribution in [0.1, 0.15) is 20.7 Å². The maximum Gasteiger partial charge on any atom is 0.338 e. The Hall–Kier alpha value is -2.36. The lowest BCUT2D eigenvalue weighted by Crippen LogP contribution is -2.07. The van der Waals surface area contributed by atoms with E-state index in [4.69, 9.17) is 9.47 Å². The molecule has 1 rings (SSSR count). The third kappa shape index (κ3) is 3.90. The molecule has 0 amide bonds. The third-order valence-corrected chi connectivity index (χ3v) is 2.02. The van der Waals surface area contributed by atoms with Gasteiger partial charge in [0, 0.05) is 0 Å². The zero-order valence-corrected chi connectivity index (χ0v) is 9.93. The van der Waals surface area contributed by atoms with Crippen LogP contribution in [0.3, 0.4) is 0 Å². The summed E-state index contributed by atoms with van der Waals surface area (Å²) < 4.78 is 9.71. The van der Waals surface area contributed by atoms with Gasteiger partial charge in [0.1, 0.15) is 13.2 Å². The SMILES string of the molecule is C=CCOC(=O)c1ccc(C(=O)OCC=C)cc1. The summed E-state index contributed by atoms with van der Waals surface area (Å²) in [4.78, 5) is 22.9. The summed E-state index contributed by atoms with van der Waals surface area (Å²) in [7, 11) is 0. The van der Waals surface area contributed by atoms with Gasteiger partial charge in [0.05, 0.1) is 11.1 Å². The van der Waals surface area contributed by atoms with Crippen molar-refractivity contribution in [1.29, 1.82) is 0 Å². The molecule has 0 fully saturated rings. The van der Waals surface area contributed by atoms with Crippen LogP contribution in [0.5, 0.6) is 0 Å². The fourth-order valence-corrected chi connectivity index (χ4v) is 1.18. The van der Waals surface area contributed by atoms with Crippen LogP contribution >= 0.6 is 0 Å². The molecule has 0 saturated carbocycles. The first-order valence-electron chi connectivity index (χ1n) is 5.35. The zero-order chi connectivity index (χ0) is 13.4. The summed E-state index contributed by atoms with van der Waals surface area (Å²) in [5.74, 6) is -0.915. The monoisotopic (exact) mass is 246 g/mol. The molecule has 0 aliphatic rings. The minimum absolute atomic E-state index is 0.155. The van der Waals surface area contributed by atoms with Crippen LogP contribution in [-0.4, -0.2) is 25.2 Å². The molecule has 0 aliphatic heterocycles. The van der Waals surface area contributed by atoms with Gasteiger partial charge in [0.25, 0.3) is 0 Å². The lowest BCUT2D eigenvalue weighted by molar-refractivity contribution is 0.0535. The standard InChI is InChI=1S/C14H14O4/c1-3-9-17-13(15)11-5-7-12(8-6-11)14(16)18-10-4-2/h3-8H,1-2,9-10H2. The number of carbonyl (C=O) groups is 2. The minimum atomic E-state index is -0.457. The Kier molecular flexibility index (Phi) is 5.38. The van der Waals surface area contributed by atoms with Gasteiger partial charge in [-0.3, -0.25) is 0 Å². The van der Waals surface area contributed by atoms with Crippen molar-refractivity contribution in [2.45, 2.75) is 0 Å². The Bertz CT molecular complexity index is 402. The van der Waals surface area contributed by atoms with E-state index in [1.165, 1.54) is 36.4 Å². The van der Waals surface area contributed by atoms with Gasteiger partial charge in [-0.2, -0.15) is 0 Å². The Morgan fingerprint density at radius 1 is 0.889 bits per heavy atom. The van der Waals surface area contributed by atoms with Crippen molar-refractivity contribution in [2.75, 3.05) is 13.2 Å². The third-order valence-electron chi connectivity index (χ3n) is 2.02. The average Bonchev–Trinajstić information content (AvgIpc) is 2.42. The highest BCUT2D eigenvalue weighted by molar-refractivity contribution is 5.93. The molecule has 4 heteroatoms. The normalized spacial score (nSPS) is 9.33. The van der Waals surface area contributed by atoms with Gasteiger partial charge in [0.2, 0.25) is 0 Å². The van der Waals surface area contributed by atoms with Crippen molar-refractivity contribution < 1.29 is 19.1 Å². The summed E-state index contributed by atoms with van der Waals surface area (Å²) in [6.45, 7) is 7.20.